The second-order valence-corrected chi connectivity index (χ2v) is 13.0. The van der Waals surface area contributed by atoms with Gasteiger partial charge in [-0.3, -0.25) is 19.7 Å². The summed E-state index contributed by atoms with van der Waals surface area (Å²) in [5, 5.41) is 4.17. The van der Waals surface area contributed by atoms with Gasteiger partial charge < -0.3 is 9.80 Å². The molecule has 0 aromatic heterocycles. The maximum Gasteiger partial charge on any atom is 0.253 e. The predicted octanol–water partition coefficient (Wildman–Crippen LogP) is 7.12. The fourth-order valence-corrected chi connectivity index (χ4v) is 8.54. The molecule has 0 aliphatic carbocycles. The van der Waals surface area contributed by atoms with Gasteiger partial charge in [-0.05, 0) is 53.4 Å². The van der Waals surface area contributed by atoms with Gasteiger partial charge in [-0.15, -0.1) is 0 Å². The number of nitrogens with zero attached hydrogens (tertiary/aromatic N) is 2. The molecule has 3 aliphatic heterocycles. The van der Waals surface area contributed by atoms with Crippen molar-refractivity contribution in [1.29, 1.82) is 0 Å². The third-order valence-electron chi connectivity index (χ3n) is 10.1. The topological polar surface area (TPSA) is 69.7 Å². The molecule has 0 radical (unpaired) electrons. The van der Waals surface area contributed by atoms with Gasteiger partial charge in [0.1, 0.15) is 16.7 Å². The van der Waals surface area contributed by atoms with Crippen LogP contribution in [-0.2, 0) is 38.4 Å². The Morgan fingerprint density at radius 2 is 1.21 bits per heavy atom. The van der Waals surface area contributed by atoms with Gasteiger partial charge in [-0.1, -0.05) is 121 Å². The largest absolute Gasteiger partial charge is 0.307 e. The number of carbonyl (C=O) groups is 3. The van der Waals surface area contributed by atoms with Crippen molar-refractivity contribution in [3.63, 3.8) is 0 Å². The van der Waals surface area contributed by atoms with Crippen LogP contribution in [0.4, 0.5) is 11.4 Å². The van der Waals surface area contributed by atoms with Crippen LogP contribution >= 0.6 is 11.6 Å². The van der Waals surface area contributed by atoms with Crippen molar-refractivity contribution >= 4 is 40.6 Å². The van der Waals surface area contributed by atoms with Crippen molar-refractivity contribution in [2.24, 2.45) is 5.92 Å². The number of amides is 2. The first-order valence-electron chi connectivity index (χ1n) is 15.8. The van der Waals surface area contributed by atoms with E-state index in [4.69, 9.17) is 11.6 Å². The molecule has 2 amide bonds. The second kappa shape index (κ2) is 11.0. The van der Waals surface area contributed by atoms with E-state index in [9.17, 15) is 4.79 Å². The Labute approximate surface area is 278 Å². The van der Waals surface area contributed by atoms with Gasteiger partial charge >= 0.3 is 0 Å². The van der Waals surface area contributed by atoms with E-state index in [0.717, 1.165) is 16.7 Å². The molecule has 232 valence electrons. The number of nitrogens with one attached hydrogen (secondary N) is 1. The number of carbonyl (C=O) groups excluding carboxylic acids is 3. The molecule has 0 saturated carbocycles. The highest BCUT2D eigenvalue weighted by molar-refractivity contribution is 6.31. The monoisotopic (exact) mass is 637 g/mol. The van der Waals surface area contributed by atoms with Gasteiger partial charge in [0.15, 0.2) is 0 Å². The predicted molar refractivity (Wildman–Crippen MR) is 183 cm³/mol. The smallest absolute Gasteiger partial charge is 0.253 e. The molecule has 6 nitrogen and oxygen atoms in total. The molecular formula is C40H32ClN3O3. The van der Waals surface area contributed by atoms with Gasteiger partial charge in [-0.25, -0.2) is 0 Å². The van der Waals surface area contributed by atoms with Crippen molar-refractivity contribution < 1.29 is 14.4 Å². The number of hydrogen-bond acceptors (Lipinski definition) is 4. The minimum Gasteiger partial charge on any atom is -0.307 e. The van der Waals surface area contributed by atoms with Gasteiger partial charge in [0.05, 0.1) is 19.0 Å². The number of ketones is 1. The molecule has 5 aromatic rings. The average molecular weight is 638 g/mol. The molecule has 1 fully saturated rings. The summed E-state index contributed by atoms with van der Waals surface area (Å²) < 4.78 is 0. The molecule has 0 unspecified atom stereocenters. The van der Waals surface area contributed by atoms with Crippen LogP contribution < -0.4 is 15.1 Å². The summed E-state index contributed by atoms with van der Waals surface area (Å²) in [4.78, 5) is 49.0. The molecule has 3 heterocycles. The first-order chi connectivity index (χ1) is 22.9. The zero-order chi connectivity index (χ0) is 32.3. The minimum absolute atomic E-state index is 0.184. The number of rotatable bonds is 6. The quantitative estimate of drug-likeness (QED) is 0.215. The number of anilines is 2. The van der Waals surface area contributed by atoms with Gasteiger partial charge in [0.2, 0.25) is 5.91 Å². The average Bonchev–Trinajstić information content (AvgIpc) is 3.64. The lowest BCUT2D eigenvalue weighted by molar-refractivity contribution is -0.138. The Kier molecular flexibility index (Phi) is 6.90. The lowest BCUT2D eigenvalue weighted by atomic mass is 9.57. The SMILES string of the molecule is CC(=O)[C@H]1[C@H](c2ccccc2)N[C@]2(C(=O)N(Cc3ccccc3)c3ccccc32)[C@]12C(=O)N(Cc1ccccc1)c1ccc(Cl)cc12. The Hall–Kier alpha value is -5.04. The van der Waals surface area contributed by atoms with E-state index in [1.807, 2.05) is 121 Å². The van der Waals surface area contributed by atoms with E-state index in [1.54, 1.807) is 21.9 Å². The number of halogens is 1. The number of para-hydroxylation sites is 1. The summed E-state index contributed by atoms with van der Waals surface area (Å²) in [5.41, 5.74) is 2.07. The lowest BCUT2D eigenvalue weighted by Gasteiger charge is -2.41. The number of Topliss-reactive ketones (excluding diaryl/α,β-unsaturated/α-hetero) is 1. The van der Waals surface area contributed by atoms with Crippen LogP contribution in [0.2, 0.25) is 5.02 Å². The molecule has 2 spiro atoms. The molecule has 1 N–H and O–H groups in total. The van der Waals surface area contributed by atoms with Crippen molar-refractivity contribution in [3.8, 4) is 0 Å². The van der Waals surface area contributed by atoms with Crippen LogP contribution in [0.1, 0.15) is 40.8 Å². The number of benzene rings is 5. The summed E-state index contributed by atoms with van der Waals surface area (Å²) in [6.07, 6.45) is 0. The number of fused-ring (bicyclic) bond motifs is 5. The molecule has 4 atom stereocenters. The molecule has 3 aliphatic rings. The van der Waals surface area contributed by atoms with Crippen molar-refractivity contribution in [1.82, 2.24) is 5.32 Å². The van der Waals surface area contributed by atoms with E-state index in [1.165, 1.54) is 6.92 Å². The molecule has 5 aromatic carbocycles. The molecule has 1 saturated heterocycles. The van der Waals surface area contributed by atoms with E-state index in [2.05, 4.69) is 5.32 Å². The standard InChI is InChI=1S/C40H32ClN3O3/c1-26(45)35-36(29-17-9-4-10-18-29)42-40(31-19-11-12-20-33(31)44(38(40)47)25-28-15-7-3-8-16-28)39(35)32-23-30(41)21-22-34(32)43(37(39)46)24-27-13-5-2-6-14-27/h2-23,35-36,42H,24-25H2,1H3/t35-,36-,39-,40+/m0/s1. The normalized spacial score (nSPS) is 24.3. The fraction of sp³-hybridized carbons (Fsp3) is 0.175. The van der Waals surface area contributed by atoms with Gasteiger partial charge in [-0.2, -0.15) is 0 Å². The first-order valence-corrected chi connectivity index (χ1v) is 16.2. The zero-order valence-corrected chi connectivity index (χ0v) is 26.5. The molecule has 0 bridgehead atoms. The Bertz CT molecular complexity index is 2040. The van der Waals surface area contributed by atoms with Crippen LogP contribution in [0.15, 0.2) is 133 Å². The maximum absolute atomic E-state index is 15.7. The van der Waals surface area contributed by atoms with Crippen LogP contribution in [0.5, 0.6) is 0 Å². The highest BCUT2D eigenvalue weighted by atomic mass is 35.5. The third kappa shape index (κ3) is 4.11. The Morgan fingerprint density at radius 1 is 0.681 bits per heavy atom. The van der Waals surface area contributed by atoms with Crippen molar-refractivity contribution in [2.45, 2.75) is 37.0 Å². The zero-order valence-electron chi connectivity index (χ0n) is 25.8. The van der Waals surface area contributed by atoms with E-state index < -0.39 is 22.9 Å². The van der Waals surface area contributed by atoms with Crippen LogP contribution in [-0.4, -0.2) is 17.6 Å². The lowest BCUT2D eigenvalue weighted by Crippen LogP contribution is -2.63. The third-order valence-corrected chi connectivity index (χ3v) is 10.4. The highest BCUT2D eigenvalue weighted by Crippen LogP contribution is 2.67. The summed E-state index contributed by atoms with van der Waals surface area (Å²) in [6.45, 7) is 2.12. The fourth-order valence-electron chi connectivity index (χ4n) is 8.37. The van der Waals surface area contributed by atoms with E-state index in [0.29, 0.717) is 34.1 Å². The van der Waals surface area contributed by atoms with Crippen LogP contribution in [0.3, 0.4) is 0 Å². The molecule has 47 heavy (non-hydrogen) atoms. The Morgan fingerprint density at radius 3 is 1.83 bits per heavy atom. The van der Waals surface area contributed by atoms with Crippen molar-refractivity contribution in [3.05, 3.63) is 166 Å². The molecule has 8 rings (SSSR count). The second-order valence-electron chi connectivity index (χ2n) is 12.6. The van der Waals surface area contributed by atoms with E-state index in [-0.39, 0.29) is 24.1 Å². The van der Waals surface area contributed by atoms with Gasteiger partial charge in [0, 0.05) is 28.0 Å². The summed E-state index contributed by atoms with van der Waals surface area (Å²) >= 11 is 6.76. The molecular weight excluding hydrogens is 606 g/mol. The van der Waals surface area contributed by atoms with Crippen LogP contribution in [0, 0.1) is 5.92 Å². The Balaban J connectivity index is 1.44. The van der Waals surface area contributed by atoms with Crippen molar-refractivity contribution in [2.75, 3.05) is 9.80 Å². The number of hydrogen-bond donors (Lipinski definition) is 1. The molecule has 7 heteroatoms. The highest BCUT2D eigenvalue weighted by Gasteiger charge is 2.79. The van der Waals surface area contributed by atoms with Gasteiger partial charge in [0.25, 0.3) is 5.91 Å². The maximum atomic E-state index is 15.7. The summed E-state index contributed by atoms with van der Waals surface area (Å²) in [6, 6.07) is 41.7. The minimum atomic E-state index is -1.65. The summed E-state index contributed by atoms with van der Waals surface area (Å²) in [5.74, 6) is -1.68. The summed E-state index contributed by atoms with van der Waals surface area (Å²) in [7, 11) is 0. The van der Waals surface area contributed by atoms with E-state index >= 15 is 9.59 Å². The van der Waals surface area contributed by atoms with Crippen LogP contribution in [0.25, 0.3) is 0 Å². The first kappa shape index (κ1) is 29.4.